The summed E-state index contributed by atoms with van der Waals surface area (Å²) in [6.07, 6.45) is 1.15. The Labute approximate surface area is 187 Å². The third kappa shape index (κ3) is 4.84. The van der Waals surface area contributed by atoms with E-state index in [1.807, 2.05) is 0 Å². The van der Waals surface area contributed by atoms with Gasteiger partial charge in [-0.2, -0.15) is 0 Å². The van der Waals surface area contributed by atoms with E-state index in [4.69, 9.17) is 9.84 Å². The highest BCUT2D eigenvalue weighted by Crippen LogP contribution is 2.42. The number of halogens is 1. The van der Waals surface area contributed by atoms with Crippen molar-refractivity contribution in [3.8, 4) is 11.1 Å². The van der Waals surface area contributed by atoms with Gasteiger partial charge in [-0.15, -0.1) is 0 Å². The minimum atomic E-state index is -1.12. The van der Waals surface area contributed by atoms with Crippen molar-refractivity contribution in [2.45, 2.75) is 38.1 Å². The number of nitro benzene ring substituents is 1. The largest absolute Gasteiger partial charge is 0.481 e. The first-order valence-corrected chi connectivity index (χ1v) is 10.5. The van der Waals surface area contributed by atoms with Crippen molar-refractivity contribution in [3.63, 3.8) is 0 Å². The fourth-order valence-electron chi connectivity index (χ4n) is 3.96. The number of carbonyl (C=O) groups is 3. The molecule has 1 saturated carbocycles. The molecule has 2 aliphatic rings. The lowest BCUT2D eigenvalue weighted by Gasteiger charge is -2.34. The Balaban J connectivity index is 1.59. The normalized spacial score (nSPS) is 17.4. The van der Waals surface area contributed by atoms with Crippen molar-refractivity contribution >= 4 is 29.2 Å². The maximum Gasteiger partial charge on any atom is 0.306 e. The van der Waals surface area contributed by atoms with E-state index in [-0.39, 0.29) is 49.1 Å². The number of carboxylic acids is 1. The maximum atomic E-state index is 15.0. The molecule has 1 N–H and O–H groups in total. The Morgan fingerprint density at radius 1 is 1.18 bits per heavy atom. The lowest BCUT2D eigenvalue weighted by molar-refractivity contribution is -0.384. The molecule has 33 heavy (non-hydrogen) atoms. The van der Waals surface area contributed by atoms with Crippen LogP contribution >= 0.6 is 0 Å². The van der Waals surface area contributed by atoms with Crippen molar-refractivity contribution in [1.82, 2.24) is 0 Å². The van der Waals surface area contributed by atoms with Gasteiger partial charge < -0.3 is 14.7 Å². The van der Waals surface area contributed by atoms with E-state index in [0.29, 0.717) is 16.8 Å². The first-order valence-electron chi connectivity index (χ1n) is 10.5. The van der Waals surface area contributed by atoms with Gasteiger partial charge in [-0.1, -0.05) is 0 Å². The number of non-ortho nitro benzene ring substituents is 1. The van der Waals surface area contributed by atoms with Crippen molar-refractivity contribution in [1.29, 1.82) is 0 Å². The van der Waals surface area contributed by atoms with Crippen molar-refractivity contribution in [2.75, 3.05) is 11.5 Å². The lowest BCUT2D eigenvalue weighted by atomic mass is 9.89. The van der Waals surface area contributed by atoms with Crippen LogP contribution in [-0.4, -0.2) is 40.5 Å². The second-order valence-corrected chi connectivity index (χ2v) is 8.18. The fraction of sp³-hybridized carbons (Fsp3) is 0.348. The van der Waals surface area contributed by atoms with Gasteiger partial charge in [0.25, 0.3) is 5.69 Å². The number of nitrogens with zero attached hydrogens (tertiary/aromatic N) is 2. The van der Waals surface area contributed by atoms with Crippen LogP contribution in [0.3, 0.4) is 0 Å². The number of ether oxygens (including phenoxy) is 1. The summed E-state index contributed by atoms with van der Waals surface area (Å²) in [4.78, 5) is 47.5. The first-order chi connectivity index (χ1) is 15.7. The summed E-state index contributed by atoms with van der Waals surface area (Å²) in [6, 6.07) is 8.46. The monoisotopic (exact) mass is 456 g/mol. The number of hydrogen-bond acceptors (Lipinski definition) is 6. The molecular formula is C23H21FN2O7. The topological polar surface area (TPSA) is 127 Å². The average Bonchev–Trinajstić information content (AvgIpc) is 3.61. The van der Waals surface area contributed by atoms with Crippen LogP contribution in [-0.2, 0) is 25.5 Å². The van der Waals surface area contributed by atoms with Gasteiger partial charge in [0.15, 0.2) is 0 Å². The fourth-order valence-corrected chi connectivity index (χ4v) is 3.96. The number of amides is 1. The van der Waals surface area contributed by atoms with Crippen molar-refractivity contribution in [3.05, 3.63) is 57.9 Å². The van der Waals surface area contributed by atoms with Gasteiger partial charge in [0.1, 0.15) is 12.4 Å². The molecule has 1 heterocycles. The van der Waals surface area contributed by atoms with Gasteiger partial charge in [-0.25, -0.2) is 4.39 Å². The second-order valence-electron chi connectivity index (χ2n) is 8.18. The zero-order valence-electron chi connectivity index (χ0n) is 17.5. The van der Waals surface area contributed by atoms with Crippen molar-refractivity contribution < 1.29 is 33.5 Å². The molecule has 1 fully saturated rings. The van der Waals surface area contributed by atoms with E-state index in [1.54, 1.807) is 11.0 Å². The number of hydrogen-bond donors (Lipinski definition) is 1. The average molecular weight is 456 g/mol. The maximum absolute atomic E-state index is 15.0. The molecule has 172 valence electrons. The standard InChI is InChI=1S/C23H21FN2O7/c24-19-10-14-9-15(12-33-22(29)8-7-21(27)28)23(30)25(16-5-6-16)20(14)11-18(19)13-1-3-17(4-2-13)26(31)32/h1-4,10-11,15-16H,5-9,12H2,(H,27,28). The zero-order valence-corrected chi connectivity index (χ0v) is 17.5. The number of benzene rings is 2. The molecule has 0 aromatic heterocycles. The summed E-state index contributed by atoms with van der Waals surface area (Å²) in [6.45, 7) is -0.203. The highest BCUT2D eigenvalue weighted by Gasteiger charge is 2.42. The van der Waals surface area contributed by atoms with Gasteiger partial charge in [0.2, 0.25) is 5.91 Å². The Kier molecular flexibility index (Phi) is 6.08. The summed E-state index contributed by atoms with van der Waals surface area (Å²) in [5, 5.41) is 19.6. The Morgan fingerprint density at radius 2 is 1.88 bits per heavy atom. The third-order valence-corrected chi connectivity index (χ3v) is 5.77. The van der Waals surface area contributed by atoms with Crippen LogP contribution < -0.4 is 4.90 Å². The molecule has 2 aromatic rings. The summed E-state index contributed by atoms with van der Waals surface area (Å²) in [5.41, 5.74) is 1.79. The minimum absolute atomic E-state index is 0.0167. The highest BCUT2D eigenvalue weighted by atomic mass is 19.1. The van der Waals surface area contributed by atoms with E-state index >= 15 is 4.39 Å². The molecule has 2 aromatic carbocycles. The van der Waals surface area contributed by atoms with Crippen LogP contribution in [0.15, 0.2) is 36.4 Å². The predicted octanol–water partition coefficient (Wildman–Crippen LogP) is 3.48. The molecule has 0 spiro atoms. The number of fused-ring (bicyclic) bond motifs is 1. The zero-order chi connectivity index (χ0) is 23.7. The Morgan fingerprint density at radius 3 is 2.48 bits per heavy atom. The second kappa shape index (κ2) is 8.97. The molecular weight excluding hydrogens is 435 g/mol. The molecule has 0 bridgehead atoms. The van der Waals surface area contributed by atoms with Gasteiger partial charge in [-0.3, -0.25) is 24.5 Å². The van der Waals surface area contributed by atoms with Crippen LogP contribution in [0.5, 0.6) is 0 Å². The number of anilines is 1. The quantitative estimate of drug-likeness (QED) is 0.366. The SMILES string of the molecule is O=C(O)CCC(=O)OCC1Cc2cc(F)c(-c3ccc([N+](=O)[O-])cc3)cc2N(C2CC2)C1=O. The number of aliphatic carboxylic acids is 1. The number of nitro groups is 1. The van der Waals surface area contributed by atoms with Crippen LogP contribution in [0.25, 0.3) is 11.1 Å². The summed E-state index contributed by atoms with van der Waals surface area (Å²) in [5.74, 6) is -3.25. The molecule has 10 heteroatoms. The van der Waals surface area contributed by atoms with Crippen LogP contribution in [0.2, 0.25) is 0 Å². The van der Waals surface area contributed by atoms with Gasteiger partial charge >= 0.3 is 11.9 Å². The van der Waals surface area contributed by atoms with E-state index < -0.39 is 28.6 Å². The smallest absolute Gasteiger partial charge is 0.306 e. The summed E-state index contributed by atoms with van der Waals surface area (Å²) in [7, 11) is 0. The molecule has 0 saturated heterocycles. The van der Waals surface area contributed by atoms with E-state index in [0.717, 1.165) is 12.8 Å². The molecule has 0 radical (unpaired) electrons. The molecule has 4 rings (SSSR count). The number of rotatable bonds is 8. The molecule has 9 nitrogen and oxygen atoms in total. The molecule has 1 aliphatic carbocycles. The molecule has 1 aliphatic heterocycles. The number of carboxylic acid groups (broad SMARTS) is 1. The van der Waals surface area contributed by atoms with Crippen LogP contribution in [0.1, 0.15) is 31.2 Å². The van der Waals surface area contributed by atoms with E-state index in [2.05, 4.69) is 0 Å². The number of carbonyl (C=O) groups excluding carboxylic acids is 2. The first kappa shape index (κ1) is 22.4. The van der Waals surface area contributed by atoms with Gasteiger partial charge in [0.05, 0.1) is 23.7 Å². The van der Waals surface area contributed by atoms with E-state index in [1.165, 1.54) is 30.3 Å². The van der Waals surface area contributed by atoms with Gasteiger partial charge in [-0.05, 0) is 54.7 Å². The summed E-state index contributed by atoms with van der Waals surface area (Å²) < 4.78 is 20.1. The predicted molar refractivity (Wildman–Crippen MR) is 114 cm³/mol. The molecule has 1 unspecified atom stereocenters. The van der Waals surface area contributed by atoms with Crippen LogP contribution in [0, 0.1) is 21.8 Å². The van der Waals surface area contributed by atoms with Gasteiger partial charge in [0, 0.05) is 29.4 Å². The van der Waals surface area contributed by atoms with Crippen molar-refractivity contribution in [2.24, 2.45) is 5.92 Å². The molecule has 1 amide bonds. The molecule has 1 atom stereocenters. The Hall–Kier alpha value is -3.82. The summed E-state index contributed by atoms with van der Waals surface area (Å²) >= 11 is 0. The highest BCUT2D eigenvalue weighted by molar-refractivity contribution is 6.00. The van der Waals surface area contributed by atoms with Crippen LogP contribution in [0.4, 0.5) is 15.8 Å². The third-order valence-electron chi connectivity index (χ3n) is 5.77. The Bertz CT molecular complexity index is 1130. The number of esters is 1. The minimum Gasteiger partial charge on any atom is -0.481 e. The lowest BCUT2D eigenvalue weighted by Crippen LogP contribution is -2.44. The van der Waals surface area contributed by atoms with E-state index in [9.17, 15) is 24.5 Å².